The molecule has 0 saturated carbocycles. The fourth-order valence-corrected chi connectivity index (χ4v) is 3.32. The van der Waals surface area contributed by atoms with E-state index in [0.717, 1.165) is 23.1 Å². The molecule has 0 amide bonds. The first kappa shape index (κ1) is 12.0. The van der Waals surface area contributed by atoms with Crippen LogP contribution in [0.1, 0.15) is 16.8 Å². The van der Waals surface area contributed by atoms with E-state index in [2.05, 4.69) is 5.10 Å². The van der Waals surface area contributed by atoms with Crippen LogP contribution in [-0.2, 0) is 19.1 Å². The van der Waals surface area contributed by atoms with E-state index in [-0.39, 0.29) is 4.68 Å². The van der Waals surface area contributed by atoms with Crippen LogP contribution in [0.4, 0.5) is 18.2 Å². The van der Waals surface area contributed by atoms with Gasteiger partial charge in [0, 0.05) is 16.6 Å². The summed E-state index contributed by atoms with van der Waals surface area (Å²) in [6.07, 6.45) is -2.69. The minimum Gasteiger partial charge on any atom is -0.389 e. The fourth-order valence-electron chi connectivity index (χ4n) is 2.22. The molecule has 0 fully saturated rings. The molecule has 0 radical (unpaired) electrons. The zero-order chi connectivity index (χ0) is 13.8. The largest absolute Gasteiger partial charge is 0.504 e. The zero-order valence-electron chi connectivity index (χ0n) is 9.45. The first-order chi connectivity index (χ1) is 8.91. The van der Waals surface area contributed by atoms with Crippen molar-refractivity contribution in [2.45, 2.75) is 19.1 Å². The number of alkyl halides is 3. The minimum atomic E-state index is -4.53. The second-order valence-corrected chi connectivity index (χ2v) is 5.21. The number of anilines is 1. The van der Waals surface area contributed by atoms with E-state index in [9.17, 15) is 13.2 Å². The molecule has 0 spiro atoms. The molecule has 2 aromatic rings. The Bertz CT molecular complexity index is 705. The van der Waals surface area contributed by atoms with Crippen molar-refractivity contribution in [2.75, 3.05) is 5.73 Å². The van der Waals surface area contributed by atoms with Gasteiger partial charge in [0.25, 0.3) is 0 Å². The molecule has 0 bridgehead atoms. The Morgan fingerprint density at radius 3 is 2.79 bits per heavy atom. The standard InChI is InChI=1S/C11H7F3N4S/c12-11(13,14)18-4-7-8(17-18)2-1-5-6(3-15)10(16)19-9(5)7/h4H,1-2,16H2. The summed E-state index contributed by atoms with van der Waals surface area (Å²) in [5.74, 6) is 0. The van der Waals surface area contributed by atoms with Gasteiger partial charge in [-0.15, -0.1) is 24.5 Å². The van der Waals surface area contributed by atoms with Gasteiger partial charge in [0.15, 0.2) is 0 Å². The number of thiophene rings is 1. The molecule has 0 unspecified atom stereocenters. The number of aromatic nitrogens is 2. The van der Waals surface area contributed by atoms with E-state index in [0.29, 0.717) is 39.5 Å². The summed E-state index contributed by atoms with van der Waals surface area (Å²) in [6.45, 7) is 0. The highest BCUT2D eigenvalue weighted by Gasteiger charge is 2.35. The Morgan fingerprint density at radius 2 is 2.16 bits per heavy atom. The summed E-state index contributed by atoms with van der Waals surface area (Å²) >= 11 is 1.14. The smallest absolute Gasteiger partial charge is 0.389 e. The van der Waals surface area contributed by atoms with Crippen molar-refractivity contribution in [1.82, 2.24) is 9.78 Å². The molecule has 0 saturated heterocycles. The van der Waals surface area contributed by atoms with Crippen molar-refractivity contribution < 1.29 is 13.2 Å². The number of nitriles is 1. The normalized spacial score (nSPS) is 13.8. The molecule has 1 aliphatic rings. The number of nitrogen functional groups attached to an aromatic ring is 1. The molecule has 0 aromatic carbocycles. The summed E-state index contributed by atoms with van der Waals surface area (Å²) in [5, 5.41) is 12.9. The lowest BCUT2D eigenvalue weighted by Crippen LogP contribution is -2.17. The van der Waals surface area contributed by atoms with E-state index >= 15 is 0 Å². The van der Waals surface area contributed by atoms with Crippen molar-refractivity contribution in [3.05, 3.63) is 23.0 Å². The lowest BCUT2D eigenvalue weighted by molar-refractivity contribution is -0.212. The zero-order valence-corrected chi connectivity index (χ0v) is 10.3. The Kier molecular flexibility index (Phi) is 2.37. The van der Waals surface area contributed by atoms with Crippen molar-refractivity contribution in [1.29, 1.82) is 5.26 Å². The van der Waals surface area contributed by atoms with Gasteiger partial charge >= 0.3 is 6.30 Å². The highest BCUT2D eigenvalue weighted by atomic mass is 32.1. The van der Waals surface area contributed by atoms with E-state index in [4.69, 9.17) is 11.0 Å². The predicted octanol–water partition coefficient (Wildman–Crippen LogP) is 2.64. The van der Waals surface area contributed by atoms with Gasteiger partial charge in [-0.3, -0.25) is 0 Å². The second-order valence-electron chi connectivity index (χ2n) is 4.16. The summed E-state index contributed by atoms with van der Waals surface area (Å²) in [4.78, 5) is 0.630. The van der Waals surface area contributed by atoms with E-state index in [1.54, 1.807) is 0 Å². The van der Waals surface area contributed by atoms with Gasteiger partial charge in [-0.1, -0.05) is 0 Å². The first-order valence-corrected chi connectivity index (χ1v) is 6.21. The van der Waals surface area contributed by atoms with Crippen LogP contribution in [0.3, 0.4) is 0 Å². The third kappa shape index (κ3) is 1.69. The van der Waals surface area contributed by atoms with Gasteiger partial charge in [-0.2, -0.15) is 15.0 Å². The lowest BCUT2D eigenvalue weighted by Gasteiger charge is -2.09. The fraction of sp³-hybridized carbons (Fsp3) is 0.273. The maximum Gasteiger partial charge on any atom is 0.504 e. The average Bonchev–Trinajstić information content (AvgIpc) is 2.87. The van der Waals surface area contributed by atoms with Crippen LogP contribution in [0.15, 0.2) is 6.20 Å². The number of aryl methyl sites for hydroxylation is 1. The SMILES string of the molecule is N#Cc1c(N)sc2c1CCc1nn(C(F)(F)F)cc1-2. The Labute approximate surface area is 109 Å². The van der Waals surface area contributed by atoms with Crippen LogP contribution in [0.5, 0.6) is 0 Å². The molecule has 4 nitrogen and oxygen atoms in total. The quantitative estimate of drug-likeness (QED) is 0.808. The number of hydrogen-bond acceptors (Lipinski definition) is 4. The highest BCUT2D eigenvalue weighted by molar-refractivity contribution is 7.19. The first-order valence-electron chi connectivity index (χ1n) is 5.39. The van der Waals surface area contributed by atoms with Gasteiger partial charge in [0.05, 0.1) is 11.3 Å². The molecular weight excluding hydrogens is 277 g/mol. The summed E-state index contributed by atoms with van der Waals surface area (Å²) in [5.41, 5.74) is 7.67. The topological polar surface area (TPSA) is 67.6 Å². The van der Waals surface area contributed by atoms with Crippen LogP contribution >= 0.6 is 11.3 Å². The molecule has 0 aliphatic heterocycles. The number of hydrogen-bond donors (Lipinski definition) is 1. The highest BCUT2D eigenvalue weighted by Crippen LogP contribution is 2.44. The number of fused-ring (bicyclic) bond motifs is 3. The molecule has 1 aliphatic carbocycles. The number of rotatable bonds is 0. The van der Waals surface area contributed by atoms with Crippen LogP contribution in [0, 0.1) is 11.3 Å². The number of nitrogens with two attached hydrogens (primary N) is 1. The van der Waals surface area contributed by atoms with Crippen molar-refractivity contribution >= 4 is 16.3 Å². The van der Waals surface area contributed by atoms with Gasteiger partial charge in [0.1, 0.15) is 11.1 Å². The van der Waals surface area contributed by atoms with Crippen LogP contribution in [-0.4, -0.2) is 9.78 Å². The minimum absolute atomic E-state index is 0.00866. The molecule has 8 heteroatoms. The molecule has 2 heterocycles. The molecular formula is C11H7F3N4S. The monoisotopic (exact) mass is 284 g/mol. The third-order valence-corrected chi connectivity index (χ3v) is 4.15. The van der Waals surface area contributed by atoms with E-state index < -0.39 is 6.30 Å². The lowest BCUT2D eigenvalue weighted by atomic mass is 9.94. The Balaban J connectivity index is 2.20. The van der Waals surface area contributed by atoms with Gasteiger partial charge in [-0.05, 0) is 18.4 Å². The Morgan fingerprint density at radius 1 is 1.42 bits per heavy atom. The average molecular weight is 284 g/mol. The number of halogens is 3. The third-order valence-electron chi connectivity index (χ3n) is 3.05. The van der Waals surface area contributed by atoms with Crippen molar-refractivity contribution in [3.8, 4) is 16.5 Å². The molecule has 98 valence electrons. The van der Waals surface area contributed by atoms with Crippen LogP contribution in [0.25, 0.3) is 10.4 Å². The van der Waals surface area contributed by atoms with Gasteiger partial charge in [0.2, 0.25) is 0 Å². The summed E-state index contributed by atoms with van der Waals surface area (Å²) in [7, 11) is 0. The molecule has 2 N–H and O–H groups in total. The van der Waals surface area contributed by atoms with E-state index in [1.807, 2.05) is 6.07 Å². The molecule has 3 rings (SSSR count). The van der Waals surface area contributed by atoms with E-state index in [1.165, 1.54) is 0 Å². The number of nitrogens with zero attached hydrogens (tertiary/aromatic N) is 3. The maximum absolute atomic E-state index is 12.6. The van der Waals surface area contributed by atoms with Gasteiger partial charge in [-0.25, -0.2) is 0 Å². The van der Waals surface area contributed by atoms with Crippen molar-refractivity contribution in [2.24, 2.45) is 0 Å². The second kappa shape index (κ2) is 3.74. The molecule has 19 heavy (non-hydrogen) atoms. The summed E-state index contributed by atoms with van der Waals surface area (Å²) in [6, 6.07) is 2.01. The molecule has 0 atom stereocenters. The predicted molar refractivity (Wildman–Crippen MR) is 63.4 cm³/mol. The Hall–Kier alpha value is -2.01. The van der Waals surface area contributed by atoms with Crippen LogP contribution < -0.4 is 5.73 Å². The van der Waals surface area contributed by atoms with Crippen LogP contribution in [0.2, 0.25) is 0 Å². The summed E-state index contributed by atoms with van der Waals surface area (Å²) < 4.78 is 37.9. The van der Waals surface area contributed by atoms with Gasteiger partial charge < -0.3 is 5.73 Å². The molecule has 2 aromatic heterocycles. The van der Waals surface area contributed by atoms with Crippen molar-refractivity contribution in [3.63, 3.8) is 0 Å². The maximum atomic E-state index is 12.6.